The second kappa shape index (κ2) is 5.33. The van der Waals surface area contributed by atoms with Gasteiger partial charge in [-0.3, -0.25) is 4.99 Å². The zero-order chi connectivity index (χ0) is 10.5. The highest BCUT2D eigenvalue weighted by Crippen LogP contribution is 2.20. The molecule has 0 N–H and O–H groups in total. The highest BCUT2D eigenvalue weighted by molar-refractivity contribution is 8.12. The van der Waals surface area contributed by atoms with E-state index >= 15 is 0 Å². The molecule has 1 aliphatic rings. The fraction of sp³-hybridized carbons (Fsp3) is 0.417. The average molecular weight is 220 g/mol. The Kier molecular flexibility index (Phi) is 3.80. The van der Waals surface area contributed by atoms with Crippen molar-refractivity contribution < 1.29 is 0 Å². The van der Waals surface area contributed by atoms with Gasteiger partial charge >= 0.3 is 0 Å². The summed E-state index contributed by atoms with van der Waals surface area (Å²) in [5.74, 6) is 1.14. The third-order valence-corrected chi connectivity index (χ3v) is 3.26. The van der Waals surface area contributed by atoms with Gasteiger partial charge in [-0.05, 0) is 12.6 Å². The van der Waals surface area contributed by atoms with Crippen molar-refractivity contribution in [2.75, 3.05) is 25.9 Å². The maximum atomic E-state index is 4.60. The van der Waals surface area contributed by atoms with E-state index in [9.17, 15) is 0 Å². The van der Waals surface area contributed by atoms with Gasteiger partial charge < -0.3 is 4.90 Å². The van der Waals surface area contributed by atoms with Crippen LogP contribution in [0.5, 0.6) is 0 Å². The van der Waals surface area contributed by atoms with Crippen molar-refractivity contribution >= 4 is 17.3 Å². The maximum absolute atomic E-state index is 4.60. The molecule has 2 nitrogen and oxygen atoms in total. The Labute approximate surface area is 95.4 Å². The number of likely N-dealkylation sites (N-methyl/N-ethyl adjacent to an activating group) is 1. The molecule has 0 saturated heterocycles. The molecule has 0 fully saturated rings. The number of benzene rings is 1. The van der Waals surface area contributed by atoms with E-state index in [0.29, 0.717) is 6.04 Å². The van der Waals surface area contributed by atoms with Gasteiger partial charge in [-0.25, -0.2) is 0 Å². The highest BCUT2D eigenvalue weighted by Gasteiger charge is 2.13. The molecule has 1 aromatic carbocycles. The van der Waals surface area contributed by atoms with Crippen LogP contribution in [0.25, 0.3) is 0 Å². The third kappa shape index (κ3) is 3.08. The minimum atomic E-state index is 0.295. The number of rotatable bonds is 1. The minimum Gasteiger partial charge on any atom is -0.303 e. The van der Waals surface area contributed by atoms with Gasteiger partial charge in [0.05, 0.1) is 11.6 Å². The first kappa shape index (κ1) is 10.7. The van der Waals surface area contributed by atoms with Crippen LogP contribution in [0.1, 0.15) is 11.6 Å². The van der Waals surface area contributed by atoms with E-state index in [1.807, 2.05) is 5.55 Å². The van der Waals surface area contributed by atoms with Crippen LogP contribution in [0.4, 0.5) is 0 Å². The Bertz CT molecular complexity index is 324. The van der Waals surface area contributed by atoms with Gasteiger partial charge in [-0.2, -0.15) is 0 Å². The number of hydrogen-bond donors (Lipinski definition) is 0. The summed E-state index contributed by atoms with van der Waals surface area (Å²) < 4.78 is 0. The lowest BCUT2D eigenvalue weighted by Crippen LogP contribution is -2.27. The molecule has 15 heavy (non-hydrogen) atoms. The summed E-state index contributed by atoms with van der Waals surface area (Å²) in [7, 11) is 2.16. The van der Waals surface area contributed by atoms with E-state index in [4.69, 9.17) is 0 Å². The van der Waals surface area contributed by atoms with Gasteiger partial charge in [0.25, 0.3) is 0 Å². The van der Waals surface area contributed by atoms with Crippen molar-refractivity contribution in [2.24, 2.45) is 4.99 Å². The van der Waals surface area contributed by atoms with E-state index in [2.05, 4.69) is 47.3 Å². The second-order valence-electron chi connectivity index (χ2n) is 3.81. The lowest BCUT2D eigenvalue weighted by molar-refractivity contribution is 0.332. The average Bonchev–Trinajstić information content (AvgIpc) is 2.24. The van der Waals surface area contributed by atoms with E-state index in [-0.39, 0.29) is 0 Å². The molecule has 0 unspecified atom stereocenters. The normalized spacial score (nSPS) is 23.4. The van der Waals surface area contributed by atoms with E-state index < -0.39 is 0 Å². The van der Waals surface area contributed by atoms with Crippen LogP contribution in [0.3, 0.4) is 0 Å². The Hall–Kier alpha value is -0.800. The molecule has 1 aliphatic heterocycles. The summed E-state index contributed by atoms with van der Waals surface area (Å²) in [6.45, 7) is 2.15. The van der Waals surface area contributed by atoms with Gasteiger partial charge in [0.1, 0.15) is 0 Å². The predicted molar refractivity (Wildman–Crippen MR) is 67.6 cm³/mol. The lowest BCUT2D eigenvalue weighted by atomic mass is 10.1. The first-order valence-electron chi connectivity index (χ1n) is 5.23. The van der Waals surface area contributed by atoms with Crippen molar-refractivity contribution in [3.8, 4) is 0 Å². The first-order chi connectivity index (χ1) is 7.36. The van der Waals surface area contributed by atoms with Crippen LogP contribution >= 0.6 is 11.8 Å². The second-order valence-corrected chi connectivity index (χ2v) is 4.77. The number of hydrogen-bond acceptors (Lipinski definition) is 3. The molecule has 1 atom stereocenters. The quantitative estimate of drug-likeness (QED) is 0.722. The van der Waals surface area contributed by atoms with E-state index in [0.717, 1.165) is 18.8 Å². The van der Waals surface area contributed by atoms with Crippen LogP contribution in [0.2, 0.25) is 0 Å². The van der Waals surface area contributed by atoms with Crippen LogP contribution in [0, 0.1) is 0 Å². The number of thioether (sulfide) groups is 1. The summed E-state index contributed by atoms with van der Waals surface area (Å²) in [4.78, 5) is 6.95. The zero-order valence-electron chi connectivity index (χ0n) is 8.97. The molecule has 2 rings (SSSR count). The fourth-order valence-corrected chi connectivity index (χ4v) is 2.43. The molecule has 1 aromatic rings. The number of nitrogens with zero attached hydrogens (tertiary/aromatic N) is 2. The third-order valence-electron chi connectivity index (χ3n) is 2.58. The summed E-state index contributed by atoms with van der Waals surface area (Å²) in [5.41, 5.74) is 3.31. The molecule has 0 radical (unpaired) electrons. The zero-order valence-corrected chi connectivity index (χ0v) is 9.78. The molecule has 1 heterocycles. The standard InChI is InChI=1S/C12H16N2S/c1-14-7-8-15-10-13-12(9-14)11-5-3-2-4-6-11/h2-6,10,12H,7-9H2,1H3/t12-/m1/s1. The largest absolute Gasteiger partial charge is 0.303 e. The topological polar surface area (TPSA) is 15.6 Å². The Morgan fingerprint density at radius 1 is 1.33 bits per heavy atom. The predicted octanol–water partition coefficient (Wildman–Crippen LogP) is 2.43. The van der Waals surface area contributed by atoms with Crippen molar-refractivity contribution in [3.63, 3.8) is 0 Å². The molecule has 0 spiro atoms. The summed E-state index contributed by atoms with van der Waals surface area (Å²) in [6, 6.07) is 10.8. The van der Waals surface area contributed by atoms with Crippen LogP contribution < -0.4 is 0 Å². The van der Waals surface area contributed by atoms with Crippen molar-refractivity contribution in [2.45, 2.75) is 6.04 Å². The van der Waals surface area contributed by atoms with E-state index in [1.54, 1.807) is 11.8 Å². The highest BCUT2D eigenvalue weighted by atomic mass is 32.2. The lowest BCUT2D eigenvalue weighted by Gasteiger charge is -2.23. The maximum Gasteiger partial charge on any atom is 0.0881 e. The summed E-state index contributed by atoms with van der Waals surface area (Å²) in [5, 5.41) is 0. The van der Waals surface area contributed by atoms with Crippen molar-refractivity contribution in [1.82, 2.24) is 4.90 Å². The first-order valence-corrected chi connectivity index (χ1v) is 6.28. The van der Waals surface area contributed by atoms with E-state index in [1.165, 1.54) is 5.56 Å². The molecular weight excluding hydrogens is 204 g/mol. The van der Waals surface area contributed by atoms with Crippen molar-refractivity contribution in [1.29, 1.82) is 0 Å². The smallest absolute Gasteiger partial charge is 0.0881 e. The SMILES string of the molecule is CN1CCSC=N[C@@H](c2ccccc2)C1. The fourth-order valence-electron chi connectivity index (χ4n) is 1.68. The summed E-state index contributed by atoms with van der Waals surface area (Å²) >= 11 is 1.80. The molecule has 3 heteroatoms. The Morgan fingerprint density at radius 2 is 2.13 bits per heavy atom. The monoisotopic (exact) mass is 220 g/mol. The minimum absolute atomic E-state index is 0.295. The van der Waals surface area contributed by atoms with Crippen LogP contribution in [-0.2, 0) is 0 Å². The van der Waals surface area contributed by atoms with Crippen LogP contribution in [0.15, 0.2) is 35.3 Å². The van der Waals surface area contributed by atoms with Gasteiger partial charge in [0.2, 0.25) is 0 Å². The van der Waals surface area contributed by atoms with Gasteiger partial charge in [0.15, 0.2) is 0 Å². The Morgan fingerprint density at radius 3 is 2.93 bits per heavy atom. The molecule has 0 aromatic heterocycles. The van der Waals surface area contributed by atoms with Crippen molar-refractivity contribution in [3.05, 3.63) is 35.9 Å². The van der Waals surface area contributed by atoms with Gasteiger partial charge in [-0.15, -0.1) is 11.8 Å². The Balaban J connectivity index is 2.15. The molecule has 0 bridgehead atoms. The molecule has 0 amide bonds. The number of aliphatic imine (C=N–C) groups is 1. The summed E-state index contributed by atoms with van der Waals surface area (Å²) in [6.07, 6.45) is 0. The van der Waals surface area contributed by atoms with Crippen LogP contribution in [-0.4, -0.2) is 36.3 Å². The molecule has 0 saturated carbocycles. The molecule has 80 valence electrons. The molecular formula is C12H16N2S. The molecule has 0 aliphatic carbocycles. The van der Waals surface area contributed by atoms with Gasteiger partial charge in [0, 0.05) is 18.8 Å². The van der Waals surface area contributed by atoms with Gasteiger partial charge in [-0.1, -0.05) is 30.3 Å².